The highest BCUT2D eigenvalue weighted by Crippen LogP contribution is 2.39. The van der Waals surface area contributed by atoms with Crippen LogP contribution in [0.2, 0.25) is 5.02 Å². The summed E-state index contributed by atoms with van der Waals surface area (Å²) in [4.78, 5) is 26.4. The number of carbonyl (C=O) groups excluding carboxylic acids is 2. The van der Waals surface area contributed by atoms with E-state index in [2.05, 4.69) is 4.74 Å². The van der Waals surface area contributed by atoms with E-state index in [0.29, 0.717) is 33.7 Å². The highest BCUT2D eigenvalue weighted by atomic mass is 35.5. The SMILES string of the molecule is CCOc1cc(/C=C2/SC(=S)N(Cc3ccccc3)C2=O)cc(Cl)c1OCC(=O)OC. The number of thioether (sulfide) groups is 1. The summed E-state index contributed by atoms with van der Waals surface area (Å²) in [6.07, 6.45) is 1.71. The Hall–Kier alpha value is -2.55. The van der Waals surface area contributed by atoms with Gasteiger partial charge in [-0.2, -0.15) is 0 Å². The van der Waals surface area contributed by atoms with Crippen LogP contribution in [-0.2, 0) is 20.9 Å². The number of methoxy groups -OCH3 is 1. The average molecular weight is 478 g/mol. The van der Waals surface area contributed by atoms with Gasteiger partial charge in [-0.15, -0.1) is 0 Å². The van der Waals surface area contributed by atoms with Crippen molar-refractivity contribution < 1.29 is 23.8 Å². The van der Waals surface area contributed by atoms with Crippen molar-refractivity contribution in [1.29, 1.82) is 0 Å². The Kier molecular flexibility index (Phi) is 7.95. The molecule has 1 aliphatic heterocycles. The van der Waals surface area contributed by atoms with Crippen molar-refractivity contribution in [2.75, 3.05) is 20.3 Å². The van der Waals surface area contributed by atoms with Gasteiger partial charge < -0.3 is 14.2 Å². The van der Waals surface area contributed by atoms with Gasteiger partial charge in [-0.25, -0.2) is 4.79 Å². The Labute approximate surface area is 195 Å². The van der Waals surface area contributed by atoms with E-state index in [1.165, 1.54) is 18.9 Å². The molecule has 0 bridgehead atoms. The summed E-state index contributed by atoms with van der Waals surface area (Å²) in [6.45, 7) is 2.30. The third-order valence-electron chi connectivity index (χ3n) is 4.25. The van der Waals surface area contributed by atoms with Gasteiger partial charge in [0.1, 0.15) is 4.32 Å². The number of rotatable bonds is 8. The normalized spacial score (nSPS) is 14.8. The highest BCUT2D eigenvalue weighted by molar-refractivity contribution is 8.26. The fraction of sp³-hybridized carbons (Fsp3) is 0.227. The predicted molar refractivity (Wildman–Crippen MR) is 125 cm³/mol. The summed E-state index contributed by atoms with van der Waals surface area (Å²) in [7, 11) is 1.27. The molecular weight excluding hydrogens is 458 g/mol. The molecule has 1 fully saturated rings. The Morgan fingerprint density at radius 1 is 1.23 bits per heavy atom. The van der Waals surface area contributed by atoms with E-state index < -0.39 is 5.97 Å². The lowest BCUT2D eigenvalue weighted by molar-refractivity contribution is -0.142. The summed E-state index contributed by atoms with van der Waals surface area (Å²) in [5, 5.41) is 0.251. The molecule has 1 saturated heterocycles. The summed E-state index contributed by atoms with van der Waals surface area (Å²) in [5.41, 5.74) is 1.65. The lowest BCUT2D eigenvalue weighted by atomic mass is 10.1. The summed E-state index contributed by atoms with van der Waals surface area (Å²) < 4.78 is 16.2. The lowest BCUT2D eigenvalue weighted by Gasteiger charge is -2.14. The van der Waals surface area contributed by atoms with Crippen molar-refractivity contribution in [3.63, 3.8) is 0 Å². The molecule has 0 saturated carbocycles. The van der Waals surface area contributed by atoms with Crippen LogP contribution in [0.3, 0.4) is 0 Å². The monoisotopic (exact) mass is 477 g/mol. The zero-order valence-electron chi connectivity index (χ0n) is 16.9. The van der Waals surface area contributed by atoms with E-state index >= 15 is 0 Å². The van der Waals surface area contributed by atoms with Crippen LogP contribution in [0.4, 0.5) is 0 Å². The molecule has 0 unspecified atom stereocenters. The summed E-state index contributed by atoms with van der Waals surface area (Å²) >= 11 is 13.0. The van der Waals surface area contributed by atoms with Crippen molar-refractivity contribution in [2.45, 2.75) is 13.5 Å². The van der Waals surface area contributed by atoms with E-state index in [-0.39, 0.29) is 23.3 Å². The van der Waals surface area contributed by atoms with Crippen LogP contribution in [0.15, 0.2) is 47.4 Å². The molecular formula is C22H20ClNO5S2. The van der Waals surface area contributed by atoms with Crippen molar-refractivity contribution in [2.24, 2.45) is 0 Å². The molecule has 0 spiro atoms. The molecule has 162 valence electrons. The predicted octanol–water partition coefficient (Wildman–Crippen LogP) is 4.69. The van der Waals surface area contributed by atoms with E-state index in [1.807, 2.05) is 37.3 Å². The molecule has 31 heavy (non-hydrogen) atoms. The van der Waals surface area contributed by atoms with Gasteiger partial charge in [0.2, 0.25) is 0 Å². The Bertz CT molecular complexity index is 1030. The molecule has 0 atom stereocenters. The molecule has 0 aliphatic carbocycles. The second-order valence-electron chi connectivity index (χ2n) is 6.38. The van der Waals surface area contributed by atoms with Gasteiger partial charge in [0, 0.05) is 0 Å². The maximum Gasteiger partial charge on any atom is 0.343 e. The largest absolute Gasteiger partial charge is 0.490 e. The molecule has 0 radical (unpaired) electrons. The van der Waals surface area contributed by atoms with Crippen molar-refractivity contribution in [3.05, 3.63) is 63.5 Å². The Morgan fingerprint density at radius 2 is 1.97 bits per heavy atom. The number of esters is 1. The van der Waals surface area contributed by atoms with Crippen LogP contribution < -0.4 is 9.47 Å². The maximum absolute atomic E-state index is 12.9. The van der Waals surface area contributed by atoms with Gasteiger partial charge >= 0.3 is 5.97 Å². The lowest BCUT2D eigenvalue weighted by Crippen LogP contribution is -2.27. The molecule has 1 aliphatic rings. The van der Waals surface area contributed by atoms with Gasteiger partial charge in [0.05, 0.1) is 30.2 Å². The second kappa shape index (κ2) is 10.7. The zero-order chi connectivity index (χ0) is 22.4. The quantitative estimate of drug-likeness (QED) is 0.310. The third-order valence-corrected chi connectivity index (χ3v) is 5.91. The highest BCUT2D eigenvalue weighted by Gasteiger charge is 2.32. The molecule has 2 aromatic rings. The standard InChI is InChI=1S/C22H20ClNO5S2/c1-3-28-17-10-15(9-16(23)20(17)29-13-19(25)27-2)11-18-21(26)24(22(30)31-18)12-14-7-5-4-6-8-14/h4-11H,3,12-13H2,1-2H3/b18-11+. The van der Waals surface area contributed by atoms with Gasteiger partial charge in [0.15, 0.2) is 18.1 Å². The van der Waals surface area contributed by atoms with E-state index in [1.54, 1.807) is 23.1 Å². The van der Waals surface area contributed by atoms with E-state index in [4.69, 9.17) is 33.3 Å². The molecule has 0 aromatic heterocycles. The zero-order valence-corrected chi connectivity index (χ0v) is 19.3. The molecule has 1 amide bonds. The molecule has 1 heterocycles. The smallest absolute Gasteiger partial charge is 0.343 e. The third kappa shape index (κ3) is 5.78. The maximum atomic E-state index is 12.9. The van der Waals surface area contributed by atoms with Crippen LogP contribution >= 0.6 is 35.6 Å². The fourth-order valence-electron chi connectivity index (χ4n) is 2.82. The van der Waals surface area contributed by atoms with Gasteiger partial charge in [-0.05, 0) is 36.3 Å². The minimum Gasteiger partial charge on any atom is -0.490 e. The summed E-state index contributed by atoms with van der Waals surface area (Å²) in [6, 6.07) is 13.0. The Morgan fingerprint density at radius 3 is 2.65 bits per heavy atom. The number of benzene rings is 2. The first-order chi connectivity index (χ1) is 14.9. The number of hydrogen-bond acceptors (Lipinski definition) is 7. The fourth-order valence-corrected chi connectivity index (χ4v) is 4.35. The minimum atomic E-state index is -0.537. The number of hydrogen-bond donors (Lipinski definition) is 0. The first-order valence-corrected chi connectivity index (χ1v) is 11.0. The van der Waals surface area contributed by atoms with Crippen molar-refractivity contribution in [3.8, 4) is 11.5 Å². The Balaban J connectivity index is 1.84. The number of nitrogens with zero attached hydrogens (tertiary/aromatic N) is 1. The minimum absolute atomic E-state index is 0.168. The topological polar surface area (TPSA) is 65.1 Å². The molecule has 0 N–H and O–H groups in total. The molecule has 9 heteroatoms. The van der Waals surface area contributed by atoms with Crippen LogP contribution in [0.5, 0.6) is 11.5 Å². The van der Waals surface area contributed by atoms with Gasteiger partial charge in [-0.1, -0.05) is 65.9 Å². The van der Waals surface area contributed by atoms with Crippen molar-refractivity contribution in [1.82, 2.24) is 4.90 Å². The molecule has 6 nitrogen and oxygen atoms in total. The second-order valence-corrected chi connectivity index (χ2v) is 8.46. The number of halogens is 1. The van der Waals surface area contributed by atoms with Crippen LogP contribution in [-0.4, -0.2) is 41.4 Å². The van der Waals surface area contributed by atoms with Crippen molar-refractivity contribution >= 4 is 57.9 Å². The number of ether oxygens (including phenoxy) is 3. The van der Waals surface area contributed by atoms with Crippen LogP contribution in [0.25, 0.3) is 6.08 Å². The van der Waals surface area contributed by atoms with Gasteiger partial charge in [0.25, 0.3) is 5.91 Å². The first kappa shape index (κ1) is 23.1. The average Bonchev–Trinajstić information content (AvgIpc) is 3.01. The number of amides is 1. The number of thiocarbonyl (C=S) groups is 1. The van der Waals surface area contributed by atoms with Crippen LogP contribution in [0.1, 0.15) is 18.1 Å². The summed E-state index contributed by atoms with van der Waals surface area (Å²) in [5.74, 6) is -0.101. The van der Waals surface area contributed by atoms with Gasteiger partial charge in [-0.3, -0.25) is 9.69 Å². The molecule has 2 aromatic carbocycles. The van der Waals surface area contributed by atoms with E-state index in [9.17, 15) is 9.59 Å². The first-order valence-electron chi connectivity index (χ1n) is 9.38. The molecule has 3 rings (SSSR count). The van der Waals surface area contributed by atoms with Crippen LogP contribution in [0, 0.1) is 0 Å². The van der Waals surface area contributed by atoms with E-state index in [0.717, 1.165) is 5.56 Å². The number of carbonyl (C=O) groups is 2.